The van der Waals surface area contributed by atoms with Crippen LogP contribution in [0.4, 0.5) is 0 Å². The van der Waals surface area contributed by atoms with Crippen molar-refractivity contribution < 1.29 is 18.9 Å². The van der Waals surface area contributed by atoms with E-state index in [4.69, 9.17) is 18.9 Å². The second kappa shape index (κ2) is 6.95. The van der Waals surface area contributed by atoms with E-state index in [1.165, 1.54) is 35.1 Å². The Bertz CT molecular complexity index is 1040. The van der Waals surface area contributed by atoms with Gasteiger partial charge in [0.1, 0.15) is 0 Å². The maximum Gasteiger partial charge on any atom is 0.161 e. The summed E-state index contributed by atoms with van der Waals surface area (Å²) in [6.45, 7) is 4.53. The van der Waals surface area contributed by atoms with Gasteiger partial charge in [-0.2, -0.15) is 0 Å². The molecule has 2 heterocycles. The van der Waals surface area contributed by atoms with Crippen LogP contribution in [0.15, 0.2) is 30.3 Å². The van der Waals surface area contributed by atoms with E-state index in [0.717, 1.165) is 41.7 Å². The molecule has 2 aromatic rings. The Morgan fingerprint density at radius 1 is 0.800 bits per heavy atom. The molecule has 0 N–H and O–H groups in total. The summed E-state index contributed by atoms with van der Waals surface area (Å²) in [7, 11) is 6.76. The summed E-state index contributed by atoms with van der Waals surface area (Å²) in [6, 6.07) is 8.50. The Hall–Kier alpha value is -2.66. The van der Waals surface area contributed by atoms with Gasteiger partial charge in [-0.1, -0.05) is 6.08 Å². The molecule has 3 aliphatic rings. The third-order valence-electron chi connectivity index (χ3n) is 7.13. The summed E-state index contributed by atoms with van der Waals surface area (Å²) in [5.74, 6) is 3.30. The molecule has 158 valence electrons. The lowest BCUT2D eigenvalue weighted by Gasteiger charge is -2.44. The highest BCUT2D eigenvalue weighted by Gasteiger charge is 2.44. The zero-order valence-corrected chi connectivity index (χ0v) is 18.4. The molecule has 2 atom stereocenters. The van der Waals surface area contributed by atoms with Crippen LogP contribution in [0, 0.1) is 0 Å². The molecule has 0 unspecified atom stereocenters. The lowest BCUT2D eigenvalue weighted by atomic mass is 9.71. The number of nitrogens with zero attached hydrogens (tertiary/aromatic N) is 1. The van der Waals surface area contributed by atoms with Crippen LogP contribution in [-0.2, 0) is 0 Å². The van der Waals surface area contributed by atoms with Gasteiger partial charge in [0.25, 0.3) is 0 Å². The summed E-state index contributed by atoms with van der Waals surface area (Å²) >= 11 is 0. The molecule has 2 aliphatic heterocycles. The Kier molecular flexibility index (Phi) is 4.47. The van der Waals surface area contributed by atoms with Gasteiger partial charge < -0.3 is 18.9 Å². The van der Waals surface area contributed by atoms with E-state index in [-0.39, 0.29) is 11.5 Å². The van der Waals surface area contributed by atoms with Gasteiger partial charge in [0.2, 0.25) is 0 Å². The van der Waals surface area contributed by atoms with Crippen LogP contribution in [0.3, 0.4) is 0 Å². The standard InChI is InChI=1S/C25H29NO4/c1-25-7-6-8-26(25)14-20-18-12-24(30-5)22(28-3)10-16(18)15-9-21(27-2)23(29-4)11-17(15)19(20)13-25/h9-13,20H,6-8,14H2,1-5H3/t20-,25+/m1/s1. The minimum absolute atomic E-state index is 0.115. The average Bonchev–Trinajstić information content (AvgIpc) is 3.16. The van der Waals surface area contributed by atoms with Crippen molar-refractivity contribution in [3.05, 3.63) is 41.5 Å². The molecular weight excluding hydrogens is 378 g/mol. The molecule has 2 aromatic carbocycles. The number of rotatable bonds is 4. The van der Waals surface area contributed by atoms with Crippen molar-refractivity contribution >= 4 is 5.57 Å². The number of hydrogen-bond acceptors (Lipinski definition) is 5. The first-order valence-electron chi connectivity index (χ1n) is 10.5. The van der Waals surface area contributed by atoms with E-state index in [9.17, 15) is 0 Å². The monoisotopic (exact) mass is 407 g/mol. The van der Waals surface area contributed by atoms with Crippen LogP contribution < -0.4 is 18.9 Å². The maximum atomic E-state index is 5.66. The normalized spacial score (nSPS) is 24.2. The highest BCUT2D eigenvalue weighted by atomic mass is 16.5. The van der Waals surface area contributed by atoms with Gasteiger partial charge in [0.05, 0.1) is 28.4 Å². The molecule has 0 bridgehead atoms. The van der Waals surface area contributed by atoms with E-state index < -0.39 is 0 Å². The smallest absolute Gasteiger partial charge is 0.161 e. The van der Waals surface area contributed by atoms with Gasteiger partial charge >= 0.3 is 0 Å². The molecule has 30 heavy (non-hydrogen) atoms. The third-order valence-corrected chi connectivity index (χ3v) is 7.13. The van der Waals surface area contributed by atoms with Crippen molar-refractivity contribution in [2.75, 3.05) is 41.5 Å². The summed E-state index contributed by atoms with van der Waals surface area (Å²) in [4.78, 5) is 2.63. The first-order valence-corrected chi connectivity index (χ1v) is 10.5. The number of ether oxygens (including phenoxy) is 4. The SMILES string of the molecule is COc1cc2c(cc1OC)-c1cc(OC)c(OC)cc1[C@H]1CN3CCC[C@@]3(C)C=C21. The minimum atomic E-state index is 0.115. The summed E-state index contributed by atoms with van der Waals surface area (Å²) in [6.07, 6.45) is 4.94. The maximum absolute atomic E-state index is 5.66. The van der Waals surface area contributed by atoms with Gasteiger partial charge in [0, 0.05) is 18.0 Å². The Morgan fingerprint density at radius 3 is 2.00 bits per heavy atom. The third kappa shape index (κ3) is 2.64. The van der Waals surface area contributed by atoms with Gasteiger partial charge in [-0.25, -0.2) is 0 Å². The molecule has 5 heteroatoms. The lowest BCUT2D eigenvalue weighted by Crippen LogP contribution is -2.46. The molecule has 1 saturated heterocycles. The second-order valence-corrected chi connectivity index (χ2v) is 8.61. The molecule has 5 nitrogen and oxygen atoms in total. The largest absolute Gasteiger partial charge is 0.493 e. The highest BCUT2D eigenvalue weighted by molar-refractivity contribution is 5.94. The van der Waals surface area contributed by atoms with Crippen molar-refractivity contribution in [3.8, 4) is 34.1 Å². The fourth-order valence-corrected chi connectivity index (χ4v) is 5.55. The zero-order valence-electron chi connectivity index (χ0n) is 18.4. The lowest BCUT2D eigenvalue weighted by molar-refractivity contribution is 0.189. The predicted octanol–water partition coefficient (Wildman–Crippen LogP) is 4.74. The first kappa shape index (κ1) is 19.3. The van der Waals surface area contributed by atoms with Crippen LogP contribution in [0.25, 0.3) is 16.7 Å². The number of benzene rings is 2. The molecule has 0 radical (unpaired) electrons. The minimum Gasteiger partial charge on any atom is -0.493 e. The Labute approximate surface area is 178 Å². The molecule has 0 spiro atoms. The molecule has 1 aliphatic carbocycles. The van der Waals surface area contributed by atoms with Crippen LogP contribution in [0.1, 0.15) is 36.8 Å². The molecular formula is C25H29NO4. The molecule has 0 saturated carbocycles. The Balaban J connectivity index is 1.82. The number of fused-ring (bicyclic) bond motifs is 7. The number of hydrogen-bond donors (Lipinski definition) is 0. The van der Waals surface area contributed by atoms with Gasteiger partial charge in [-0.15, -0.1) is 0 Å². The summed E-state index contributed by atoms with van der Waals surface area (Å²) < 4.78 is 22.6. The van der Waals surface area contributed by atoms with E-state index in [1.807, 2.05) is 0 Å². The molecule has 0 aromatic heterocycles. The van der Waals surface area contributed by atoms with E-state index in [1.54, 1.807) is 28.4 Å². The van der Waals surface area contributed by atoms with E-state index >= 15 is 0 Å². The van der Waals surface area contributed by atoms with Crippen LogP contribution >= 0.6 is 0 Å². The van der Waals surface area contributed by atoms with Crippen LogP contribution in [0.2, 0.25) is 0 Å². The molecule has 0 amide bonds. The fourth-order valence-electron chi connectivity index (χ4n) is 5.55. The summed E-state index contributed by atoms with van der Waals surface area (Å²) in [5, 5.41) is 0. The fraction of sp³-hybridized carbons (Fsp3) is 0.440. The van der Waals surface area contributed by atoms with Crippen molar-refractivity contribution in [1.82, 2.24) is 4.90 Å². The summed E-state index contributed by atoms with van der Waals surface area (Å²) in [5.41, 5.74) is 6.34. The highest BCUT2D eigenvalue weighted by Crippen LogP contribution is 2.55. The topological polar surface area (TPSA) is 40.2 Å². The van der Waals surface area contributed by atoms with E-state index in [2.05, 4.69) is 42.2 Å². The molecule has 5 rings (SSSR count). The number of methoxy groups -OCH3 is 4. The quantitative estimate of drug-likeness (QED) is 0.732. The van der Waals surface area contributed by atoms with Gasteiger partial charge in [0.15, 0.2) is 23.0 Å². The van der Waals surface area contributed by atoms with Gasteiger partial charge in [-0.05, 0) is 78.4 Å². The predicted molar refractivity (Wildman–Crippen MR) is 118 cm³/mol. The van der Waals surface area contributed by atoms with E-state index in [0.29, 0.717) is 0 Å². The second-order valence-electron chi connectivity index (χ2n) is 8.61. The Morgan fingerprint density at radius 2 is 1.37 bits per heavy atom. The van der Waals surface area contributed by atoms with Crippen molar-refractivity contribution in [2.24, 2.45) is 0 Å². The van der Waals surface area contributed by atoms with Gasteiger partial charge in [-0.3, -0.25) is 4.90 Å². The molecule has 1 fully saturated rings. The van der Waals surface area contributed by atoms with Crippen molar-refractivity contribution in [1.29, 1.82) is 0 Å². The van der Waals surface area contributed by atoms with Crippen molar-refractivity contribution in [3.63, 3.8) is 0 Å². The van der Waals surface area contributed by atoms with Crippen LogP contribution in [-0.4, -0.2) is 52.0 Å². The van der Waals surface area contributed by atoms with Crippen molar-refractivity contribution in [2.45, 2.75) is 31.2 Å². The average molecular weight is 408 g/mol. The first-order chi connectivity index (χ1) is 14.5. The van der Waals surface area contributed by atoms with Crippen LogP contribution in [0.5, 0.6) is 23.0 Å². The zero-order chi connectivity index (χ0) is 21.0.